The first-order chi connectivity index (χ1) is 34.5. The highest BCUT2D eigenvalue weighted by molar-refractivity contribution is 5.90. The maximum Gasteiger partial charge on any atom is 0.339 e. The van der Waals surface area contributed by atoms with Gasteiger partial charge in [-0.2, -0.15) is 0 Å². The van der Waals surface area contributed by atoms with Gasteiger partial charge in [-0.1, -0.05) is 277 Å². The number of hydrogen-bond acceptors (Lipinski definition) is 7. The third-order valence-electron chi connectivity index (χ3n) is 16.6. The molecule has 7 nitrogen and oxygen atoms in total. The Morgan fingerprint density at radius 3 is 0.671 bits per heavy atom. The van der Waals surface area contributed by atoms with Crippen molar-refractivity contribution in [3.8, 4) is 0 Å². The summed E-state index contributed by atoms with van der Waals surface area (Å²) in [4.78, 5) is 40.1. The normalized spacial score (nSPS) is 16.6. The van der Waals surface area contributed by atoms with Gasteiger partial charge < -0.3 is 19.3 Å². The number of rotatable bonds is 50. The predicted octanol–water partition coefficient (Wildman–Crippen LogP) is 19.5. The summed E-state index contributed by atoms with van der Waals surface area (Å²) in [5.74, 6) is 5.72. The molecule has 0 heterocycles. The zero-order chi connectivity index (χ0) is 55.0. The van der Waals surface area contributed by atoms with Crippen LogP contribution >= 0.6 is 0 Å². The minimum Gasteiger partial charge on any atom is -0.466 e. The van der Waals surface area contributed by atoms with Crippen molar-refractivity contribution in [3.63, 3.8) is 0 Å². The van der Waals surface area contributed by atoms with Crippen molar-refractivity contribution in [1.82, 2.24) is 0 Å². The first-order valence-electron chi connectivity index (χ1n) is 31.7. The Morgan fingerprint density at radius 2 is 0.466 bits per heavy atom. The van der Waals surface area contributed by atoms with E-state index in [9.17, 15) is 19.5 Å². The summed E-state index contributed by atoms with van der Waals surface area (Å²) in [6, 6.07) is 0. The van der Waals surface area contributed by atoms with Gasteiger partial charge in [-0.05, 0) is 90.3 Å². The molecule has 0 aliphatic carbocycles. The molecule has 0 aliphatic rings. The van der Waals surface area contributed by atoms with Gasteiger partial charge in [0.15, 0.2) is 5.60 Å². The summed E-state index contributed by atoms with van der Waals surface area (Å²) in [5.41, 5.74) is -2.35. The lowest BCUT2D eigenvalue weighted by Gasteiger charge is -2.25. The Bertz CT molecular complexity index is 1250. The van der Waals surface area contributed by atoms with E-state index in [-0.39, 0.29) is 19.8 Å². The highest BCUT2D eigenvalue weighted by atomic mass is 16.6. The van der Waals surface area contributed by atoms with E-state index in [0.717, 1.165) is 74.0 Å². The predicted molar refractivity (Wildman–Crippen MR) is 313 cm³/mol. The van der Waals surface area contributed by atoms with Crippen molar-refractivity contribution in [2.45, 2.75) is 315 Å². The van der Waals surface area contributed by atoms with Crippen LogP contribution in [0.3, 0.4) is 0 Å². The van der Waals surface area contributed by atoms with Crippen LogP contribution in [0.15, 0.2) is 0 Å². The van der Waals surface area contributed by atoms with E-state index in [0.29, 0.717) is 54.8 Å². The Hall–Kier alpha value is -1.63. The van der Waals surface area contributed by atoms with Crippen molar-refractivity contribution in [2.24, 2.45) is 71.0 Å². The first kappa shape index (κ1) is 71.4. The van der Waals surface area contributed by atoms with Gasteiger partial charge in [0.1, 0.15) is 0 Å². The van der Waals surface area contributed by atoms with E-state index in [2.05, 4.69) is 104 Å². The average molecular weight is 1030 g/mol. The van der Waals surface area contributed by atoms with Gasteiger partial charge in [-0.3, -0.25) is 9.59 Å². The van der Waals surface area contributed by atoms with Crippen LogP contribution in [0, 0.1) is 71.0 Å². The van der Waals surface area contributed by atoms with E-state index >= 15 is 0 Å². The first-order valence-corrected chi connectivity index (χ1v) is 31.7. The molecule has 0 saturated heterocycles. The van der Waals surface area contributed by atoms with Gasteiger partial charge >= 0.3 is 17.9 Å². The Kier molecular flexibility index (Phi) is 43.4. The molecule has 1 N–H and O–H groups in total. The van der Waals surface area contributed by atoms with Crippen molar-refractivity contribution in [1.29, 1.82) is 0 Å². The monoisotopic (exact) mass is 1030 g/mol. The maximum atomic E-state index is 13.6. The molecule has 9 unspecified atom stereocenters. The van der Waals surface area contributed by atoms with Gasteiger partial charge in [-0.15, -0.1) is 0 Å². The minimum atomic E-state index is -2.35. The van der Waals surface area contributed by atoms with Crippen molar-refractivity contribution in [2.75, 3.05) is 19.8 Å². The smallest absolute Gasteiger partial charge is 0.339 e. The number of carbonyl (C=O) groups is 3. The average Bonchev–Trinajstić information content (AvgIpc) is 3.28. The van der Waals surface area contributed by atoms with Crippen LogP contribution < -0.4 is 0 Å². The van der Waals surface area contributed by atoms with Crippen LogP contribution in [0.2, 0.25) is 0 Å². The van der Waals surface area contributed by atoms with Crippen LogP contribution in [0.4, 0.5) is 0 Å². The zero-order valence-electron chi connectivity index (χ0n) is 51.6. The fourth-order valence-corrected chi connectivity index (χ4v) is 10.8. The molecule has 0 rings (SSSR count). The number of esters is 3. The quantitative estimate of drug-likeness (QED) is 0.0479. The molecule has 0 aliphatic heterocycles. The van der Waals surface area contributed by atoms with Crippen molar-refractivity contribution >= 4 is 17.9 Å². The summed E-state index contributed by atoms with van der Waals surface area (Å²) in [6.07, 6.45) is 34.9. The number of hydrogen-bond donors (Lipinski definition) is 1. The van der Waals surface area contributed by atoms with Crippen LogP contribution in [-0.2, 0) is 28.6 Å². The second-order valence-electron chi connectivity index (χ2n) is 26.8. The third kappa shape index (κ3) is 44.1. The lowest BCUT2D eigenvalue weighted by atomic mass is 9.91. The Morgan fingerprint density at radius 1 is 0.288 bits per heavy atom. The number of carbonyl (C=O) groups excluding carboxylic acids is 3. The van der Waals surface area contributed by atoms with Gasteiger partial charge in [0.2, 0.25) is 0 Å². The van der Waals surface area contributed by atoms with Gasteiger partial charge in [-0.25, -0.2) is 4.79 Å². The van der Waals surface area contributed by atoms with Crippen molar-refractivity contribution < 1.29 is 33.7 Å². The van der Waals surface area contributed by atoms with Crippen LogP contribution in [0.5, 0.6) is 0 Å². The molecule has 0 spiro atoms. The molecule has 0 saturated carbocycles. The van der Waals surface area contributed by atoms with E-state index in [1.165, 1.54) is 135 Å². The SMILES string of the molecule is CC(C)CCCC(C)CCCC(C)CCCC(C)CCOC(=O)CC(O)(CC(=O)OCCC(C)CCCC(C)CCCC(C)CCCC(C)C)C(=O)OCCC(C)CCCC(C)CCCC(C)CCCC(C)C. The zero-order valence-corrected chi connectivity index (χ0v) is 51.6. The fourth-order valence-electron chi connectivity index (χ4n) is 10.8. The molecule has 9 atom stereocenters. The summed E-state index contributed by atoms with van der Waals surface area (Å²) < 4.78 is 16.9. The minimum absolute atomic E-state index is 0.123. The largest absolute Gasteiger partial charge is 0.466 e. The summed E-state index contributed by atoms with van der Waals surface area (Å²) in [7, 11) is 0. The standard InChI is InChI=1S/C66H128O7/c1-51(2)25-16-28-54(7)31-19-34-57(10)37-22-40-60(13)43-46-71-63(67)49-66(70,65(69)73-48-45-62(15)42-24-39-59(12)36-21-33-56(9)30-18-27-53(5)6)50-64(68)72-47-44-61(14)41-23-38-58(11)35-20-32-55(8)29-17-26-52(3)4/h51-62,70H,16-50H2,1-15H3. The van der Waals surface area contributed by atoms with Gasteiger partial charge in [0, 0.05) is 0 Å². The van der Waals surface area contributed by atoms with Crippen LogP contribution in [-0.4, -0.2) is 48.4 Å². The van der Waals surface area contributed by atoms with Crippen LogP contribution in [0.25, 0.3) is 0 Å². The molecule has 0 aromatic heterocycles. The molecule has 73 heavy (non-hydrogen) atoms. The molecule has 0 bridgehead atoms. The topological polar surface area (TPSA) is 99.1 Å². The summed E-state index contributed by atoms with van der Waals surface area (Å²) in [6.45, 7) is 35.3. The molecule has 434 valence electrons. The molecule has 0 fully saturated rings. The van der Waals surface area contributed by atoms with E-state index in [4.69, 9.17) is 14.2 Å². The molecular weight excluding hydrogens is 905 g/mol. The van der Waals surface area contributed by atoms with E-state index in [1.807, 2.05) is 0 Å². The molecule has 0 aromatic rings. The highest BCUT2D eigenvalue weighted by Crippen LogP contribution is 2.27. The molecule has 7 heteroatoms. The second kappa shape index (κ2) is 44.4. The lowest BCUT2D eigenvalue weighted by Crippen LogP contribution is -2.45. The number of aliphatic hydroxyl groups is 1. The van der Waals surface area contributed by atoms with E-state index in [1.54, 1.807) is 0 Å². The molecular formula is C66H128O7. The Labute approximate surface area is 455 Å². The Balaban J connectivity index is 5.04. The highest BCUT2D eigenvalue weighted by Gasteiger charge is 2.43. The summed E-state index contributed by atoms with van der Waals surface area (Å²) in [5, 5.41) is 11.7. The summed E-state index contributed by atoms with van der Waals surface area (Å²) >= 11 is 0. The third-order valence-corrected chi connectivity index (χ3v) is 16.6. The molecule has 0 radical (unpaired) electrons. The molecule has 0 aromatic carbocycles. The van der Waals surface area contributed by atoms with Gasteiger partial charge in [0.05, 0.1) is 32.7 Å². The fraction of sp³-hybridized carbons (Fsp3) is 0.955. The van der Waals surface area contributed by atoms with E-state index < -0.39 is 36.4 Å². The van der Waals surface area contributed by atoms with Crippen molar-refractivity contribution in [3.05, 3.63) is 0 Å². The van der Waals surface area contributed by atoms with Crippen LogP contribution in [0.1, 0.15) is 309 Å². The second-order valence-corrected chi connectivity index (χ2v) is 26.8. The number of ether oxygens (including phenoxy) is 3. The lowest BCUT2D eigenvalue weighted by molar-refractivity contribution is -0.178. The maximum absolute atomic E-state index is 13.6. The van der Waals surface area contributed by atoms with Gasteiger partial charge in [0.25, 0.3) is 0 Å². The molecule has 0 amide bonds.